The van der Waals surface area contributed by atoms with Crippen LogP contribution in [0, 0.1) is 5.92 Å². The number of benzene rings is 1. The van der Waals surface area contributed by atoms with E-state index in [4.69, 9.17) is 5.73 Å². The molecule has 2 atom stereocenters. The van der Waals surface area contributed by atoms with Crippen LogP contribution in [-0.4, -0.2) is 34.3 Å². The van der Waals surface area contributed by atoms with Gasteiger partial charge in [-0.2, -0.15) is 0 Å². The highest BCUT2D eigenvalue weighted by Crippen LogP contribution is 2.26. The van der Waals surface area contributed by atoms with E-state index in [0.717, 1.165) is 42.2 Å². The maximum absolute atomic E-state index is 9.62. The molecule has 3 rings (SSSR count). The Bertz CT molecular complexity index is 563. The van der Waals surface area contributed by atoms with Crippen molar-refractivity contribution in [3.05, 3.63) is 18.2 Å². The molecule has 1 aromatic heterocycles. The van der Waals surface area contributed by atoms with Crippen molar-refractivity contribution in [3.63, 3.8) is 0 Å². The molecule has 0 bridgehead atoms. The molecule has 0 radical (unpaired) electrons. The average molecular weight is 246 g/mol. The van der Waals surface area contributed by atoms with Crippen LogP contribution in [0.25, 0.3) is 11.0 Å². The van der Waals surface area contributed by atoms with Crippen LogP contribution in [0.4, 0.5) is 11.6 Å². The lowest BCUT2D eigenvalue weighted by molar-refractivity contribution is 0.136. The summed E-state index contributed by atoms with van der Waals surface area (Å²) in [6.07, 6.45) is 0.756. The summed E-state index contributed by atoms with van der Waals surface area (Å²) in [4.78, 5) is 10.0. The molecule has 0 aliphatic carbocycles. The van der Waals surface area contributed by atoms with Crippen LogP contribution in [0.5, 0.6) is 0 Å². The van der Waals surface area contributed by atoms with Crippen molar-refractivity contribution in [3.8, 4) is 0 Å². The number of nitrogens with one attached hydrogen (secondary N) is 1. The second-order valence-corrected chi connectivity index (χ2v) is 5.07. The van der Waals surface area contributed by atoms with Gasteiger partial charge in [-0.05, 0) is 31.5 Å². The third-order valence-electron chi connectivity index (χ3n) is 3.70. The molecule has 1 saturated heterocycles. The molecular weight excluding hydrogens is 228 g/mol. The van der Waals surface area contributed by atoms with Crippen molar-refractivity contribution in [2.75, 3.05) is 23.7 Å². The quantitative estimate of drug-likeness (QED) is 0.699. The predicted octanol–water partition coefficient (Wildman–Crippen LogP) is 1.35. The maximum Gasteiger partial charge on any atom is 0.203 e. The zero-order chi connectivity index (χ0) is 12.7. The number of hydrogen-bond acceptors (Lipinski definition) is 4. The van der Waals surface area contributed by atoms with Crippen molar-refractivity contribution in [1.29, 1.82) is 0 Å². The van der Waals surface area contributed by atoms with Crippen LogP contribution >= 0.6 is 0 Å². The molecule has 0 saturated carbocycles. The van der Waals surface area contributed by atoms with Crippen LogP contribution in [-0.2, 0) is 0 Å². The molecule has 1 aliphatic rings. The first-order chi connectivity index (χ1) is 8.63. The molecule has 2 aromatic rings. The number of aromatic amines is 1. The Labute approximate surface area is 106 Å². The second-order valence-electron chi connectivity index (χ2n) is 5.07. The van der Waals surface area contributed by atoms with Gasteiger partial charge in [-0.1, -0.05) is 0 Å². The zero-order valence-corrected chi connectivity index (χ0v) is 10.4. The smallest absolute Gasteiger partial charge is 0.203 e. The van der Waals surface area contributed by atoms with Gasteiger partial charge in [0.25, 0.3) is 0 Å². The normalized spacial score (nSPS) is 21.7. The van der Waals surface area contributed by atoms with E-state index in [9.17, 15) is 5.11 Å². The summed E-state index contributed by atoms with van der Waals surface area (Å²) in [7, 11) is 0. The first-order valence-corrected chi connectivity index (χ1v) is 6.32. The van der Waals surface area contributed by atoms with E-state index in [1.807, 2.05) is 25.1 Å². The molecule has 1 fully saturated rings. The molecule has 0 amide bonds. The fourth-order valence-electron chi connectivity index (χ4n) is 2.54. The lowest BCUT2D eigenvalue weighted by Gasteiger charge is -2.16. The van der Waals surface area contributed by atoms with E-state index in [2.05, 4.69) is 14.9 Å². The van der Waals surface area contributed by atoms with Crippen LogP contribution < -0.4 is 10.6 Å². The molecule has 5 nitrogen and oxygen atoms in total. The Balaban J connectivity index is 1.87. The Hall–Kier alpha value is -1.75. The van der Waals surface area contributed by atoms with Gasteiger partial charge in [-0.3, -0.25) is 0 Å². The number of anilines is 2. The minimum atomic E-state index is -0.255. The molecule has 1 aromatic carbocycles. The number of rotatable bonds is 2. The lowest BCUT2D eigenvalue weighted by Crippen LogP contribution is -2.24. The number of nitrogens with zero attached hydrogens (tertiary/aromatic N) is 2. The van der Waals surface area contributed by atoms with Crippen molar-refractivity contribution >= 4 is 22.7 Å². The third kappa shape index (κ3) is 1.90. The summed E-state index contributed by atoms with van der Waals surface area (Å²) in [5.41, 5.74) is 8.38. The van der Waals surface area contributed by atoms with Gasteiger partial charge < -0.3 is 20.7 Å². The van der Waals surface area contributed by atoms with E-state index >= 15 is 0 Å². The summed E-state index contributed by atoms with van der Waals surface area (Å²) >= 11 is 0. The Kier molecular flexibility index (Phi) is 2.63. The number of aliphatic hydroxyl groups excluding tert-OH is 1. The number of H-pyrrole nitrogens is 1. The first kappa shape index (κ1) is 11.3. The van der Waals surface area contributed by atoms with Gasteiger partial charge in [0.15, 0.2) is 0 Å². The molecular formula is C13H18N4O. The molecule has 2 unspecified atom stereocenters. The number of imidazole rings is 1. The molecule has 0 spiro atoms. The first-order valence-electron chi connectivity index (χ1n) is 6.32. The molecule has 18 heavy (non-hydrogen) atoms. The van der Waals surface area contributed by atoms with Crippen molar-refractivity contribution in [1.82, 2.24) is 9.97 Å². The summed E-state index contributed by atoms with van der Waals surface area (Å²) in [6.45, 7) is 3.64. The van der Waals surface area contributed by atoms with E-state index < -0.39 is 0 Å². The largest absolute Gasteiger partial charge is 0.399 e. The highest BCUT2D eigenvalue weighted by atomic mass is 16.3. The minimum absolute atomic E-state index is 0.255. The number of hydrogen-bond donors (Lipinski definition) is 3. The predicted molar refractivity (Wildman–Crippen MR) is 72.5 cm³/mol. The summed E-state index contributed by atoms with van der Waals surface area (Å²) in [5.74, 6) is 1.21. The Morgan fingerprint density at radius 1 is 1.56 bits per heavy atom. The minimum Gasteiger partial charge on any atom is -0.399 e. The molecule has 1 aliphatic heterocycles. The Morgan fingerprint density at radius 2 is 2.39 bits per heavy atom. The number of nitrogen functional groups attached to an aromatic ring is 1. The number of aromatic nitrogens is 2. The number of nitrogens with two attached hydrogens (primary N) is 1. The van der Waals surface area contributed by atoms with Gasteiger partial charge >= 0.3 is 0 Å². The monoisotopic (exact) mass is 246 g/mol. The highest BCUT2D eigenvalue weighted by molar-refractivity contribution is 5.80. The van der Waals surface area contributed by atoms with Gasteiger partial charge in [-0.15, -0.1) is 0 Å². The Morgan fingerprint density at radius 3 is 3.11 bits per heavy atom. The summed E-state index contributed by atoms with van der Waals surface area (Å²) < 4.78 is 0. The molecule has 5 heteroatoms. The SMILES string of the molecule is CC(O)C1CCN(c2nc3ccc(N)cc3[nH]2)C1. The van der Waals surface area contributed by atoms with E-state index in [-0.39, 0.29) is 6.10 Å². The van der Waals surface area contributed by atoms with Gasteiger partial charge in [0, 0.05) is 24.7 Å². The third-order valence-corrected chi connectivity index (χ3v) is 3.70. The fourth-order valence-corrected chi connectivity index (χ4v) is 2.54. The zero-order valence-electron chi connectivity index (χ0n) is 10.4. The van der Waals surface area contributed by atoms with E-state index in [1.165, 1.54) is 0 Å². The fraction of sp³-hybridized carbons (Fsp3) is 0.462. The lowest BCUT2D eigenvalue weighted by atomic mass is 10.0. The topological polar surface area (TPSA) is 78.2 Å². The van der Waals surface area contributed by atoms with Crippen LogP contribution in [0.2, 0.25) is 0 Å². The van der Waals surface area contributed by atoms with Crippen LogP contribution in [0.1, 0.15) is 13.3 Å². The molecule has 2 heterocycles. The van der Waals surface area contributed by atoms with Gasteiger partial charge in [0.2, 0.25) is 5.95 Å². The molecule has 96 valence electrons. The van der Waals surface area contributed by atoms with Crippen LogP contribution in [0.15, 0.2) is 18.2 Å². The van der Waals surface area contributed by atoms with Crippen molar-refractivity contribution in [2.45, 2.75) is 19.4 Å². The molecule has 4 N–H and O–H groups in total. The standard InChI is InChI=1S/C13H18N4O/c1-8(18)9-4-5-17(7-9)13-15-11-3-2-10(14)6-12(11)16-13/h2-3,6,8-9,18H,4-5,7,14H2,1H3,(H,15,16). The van der Waals surface area contributed by atoms with Crippen LogP contribution in [0.3, 0.4) is 0 Å². The van der Waals surface area contributed by atoms with Crippen molar-refractivity contribution < 1.29 is 5.11 Å². The maximum atomic E-state index is 9.62. The number of fused-ring (bicyclic) bond motifs is 1. The highest BCUT2D eigenvalue weighted by Gasteiger charge is 2.27. The van der Waals surface area contributed by atoms with E-state index in [0.29, 0.717) is 5.92 Å². The summed E-state index contributed by atoms with van der Waals surface area (Å²) in [5, 5.41) is 9.62. The summed E-state index contributed by atoms with van der Waals surface area (Å²) in [6, 6.07) is 5.68. The second kappa shape index (κ2) is 4.17. The van der Waals surface area contributed by atoms with Gasteiger partial charge in [0.05, 0.1) is 17.1 Å². The van der Waals surface area contributed by atoms with Crippen molar-refractivity contribution in [2.24, 2.45) is 5.92 Å². The van der Waals surface area contributed by atoms with Gasteiger partial charge in [0.1, 0.15) is 0 Å². The van der Waals surface area contributed by atoms with E-state index in [1.54, 1.807) is 0 Å². The average Bonchev–Trinajstić information content (AvgIpc) is 2.93. The number of aliphatic hydroxyl groups is 1. The van der Waals surface area contributed by atoms with Gasteiger partial charge in [-0.25, -0.2) is 4.98 Å².